The summed E-state index contributed by atoms with van der Waals surface area (Å²) in [6.07, 6.45) is 3.66. The molecular formula is C25H28O6. The summed E-state index contributed by atoms with van der Waals surface area (Å²) in [5.74, 6) is 0.749. The molecule has 0 aromatic heterocycles. The van der Waals surface area contributed by atoms with E-state index in [1.807, 2.05) is 6.92 Å². The lowest BCUT2D eigenvalue weighted by atomic mass is 9.90. The quantitative estimate of drug-likeness (QED) is 0.287. The number of esters is 1. The minimum absolute atomic E-state index is 0.0906. The lowest BCUT2D eigenvalue weighted by molar-refractivity contribution is -0.139. The number of methoxy groups -OCH3 is 2. The van der Waals surface area contributed by atoms with Gasteiger partial charge in [0, 0.05) is 11.6 Å². The van der Waals surface area contributed by atoms with Crippen LogP contribution in [0.15, 0.2) is 55.6 Å². The first-order valence-corrected chi connectivity index (χ1v) is 9.92. The Balaban J connectivity index is 2.74. The third-order valence-corrected chi connectivity index (χ3v) is 4.67. The minimum Gasteiger partial charge on any atom is -0.497 e. The van der Waals surface area contributed by atoms with Crippen molar-refractivity contribution in [2.24, 2.45) is 0 Å². The van der Waals surface area contributed by atoms with E-state index in [4.69, 9.17) is 18.9 Å². The van der Waals surface area contributed by atoms with Crippen LogP contribution < -0.4 is 14.2 Å². The molecule has 0 bridgehead atoms. The molecule has 0 heterocycles. The molecule has 0 aliphatic carbocycles. The molecule has 164 valence electrons. The van der Waals surface area contributed by atoms with E-state index in [2.05, 4.69) is 13.2 Å². The van der Waals surface area contributed by atoms with Gasteiger partial charge in [-0.05, 0) is 41.8 Å². The van der Waals surface area contributed by atoms with Crippen LogP contribution in [0, 0.1) is 0 Å². The standard InChI is InChI=1S/C25H28O6/c1-6-13-30-21-16-22(31-14-7-2)24(20(19(21)8-3)15-23(26)29-5)25(27)17-9-11-18(28-4)12-10-17/h6-7,9-12,16H,1-2,8,13-15H2,3-5H3. The van der Waals surface area contributed by atoms with Crippen molar-refractivity contribution >= 4 is 11.8 Å². The monoisotopic (exact) mass is 424 g/mol. The Kier molecular flexibility index (Phi) is 8.88. The van der Waals surface area contributed by atoms with Crippen molar-refractivity contribution in [2.75, 3.05) is 27.4 Å². The first-order valence-electron chi connectivity index (χ1n) is 9.92. The third kappa shape index (κ3) is 5.75. The van der Waals surface area contributed by atoms with E-state index in [0.717, 1.165) is 5.56 Å². The van der Waals surface area contributed by atoms with Gasteiger partial charge in [-0.1, -0.05) is 32.2 Å². The number of hydrogen-bond donors (Lipinski definition) is 0. The Hall–Kier alpha value is -3.54. The van der Waals surface area contributed by atoms with Crippen LogP contribution in [0.1, 0.15) is 34.0 Å². The maximum atomic E-state index is 13.6. The maximum absolute atomic E-state index is 13.6. The largest absolute Gasteiger partial charge is 0.497 e. The second-order valence-corrected chi connectivity index (χ2v) is 6.57. The Morgan fingerprint density at radius 3 is 2.06 bits per heavy atom. The van der Waals surface area contributed by atoms with E-state index in [1.165, 1.54) is 7.11 Å². The number of ether oxygens (including phenoxy) is 4. The molecule has 6 heteroatoms. The smallest absolute Gasteiger partial charge is 0.310 e. The summed E-state index contributed by atoms with van der Waals surface area (Å²) < 4.78 is 21.7. The molecule has 2 aromatic carbocycles. The zero-order valence-electron chi connectivity index (χ0n) is 18.2. The number of ketones is 1. The first kappa shape index (κ1) is 23.7. The molecule has 6 nitrogen and oxygen atoms in total. The van der Waals surface area contributed by atoms with Gasteiger partial charge in [-0.2, -0.15) is 0 Å². The van der Waals surface area contributed by atoms with Crippen LogP contribution >= 0.6 is 0 Å². The number of rotatable bonds is 12. The lowest BCUT2D eigenvalue weighted by Crippen LogP contribution is -2.16. The molecule has 0 fully saturated rings. The first-order chi connectivity index (χ1) is 15.0. The highest BCUT2D eigenvalue weighted by atomic mass is 16.5. The Morgan fingerprint density at radius 2 is 1.55 bits per heavy atom. The summed E-state index contributed by atoms with van der Waals surface area (Å²) in [7, 11) is 2.87. The van der Waals surface area contributed by atoms with Crippen molar-refractivity contribution < 1.29 is 28.5 Å². The van der Waals surface area contributed by atoms with Gasteiger partial charge in [0.25, 0.3) is 0 Å². The molecule has 2 rings (SSSR count). The molecule has 0 amide bonds. The number of hydrogen-bond acceptors (Lipinski definition) is 6. The topological polar surface area (TPSA) is 71.1 Å². The second-order valence-electron chi connectivity index (χ2n) is 6.57. The summed E-state index contributed by atoms with van der Waals surface area (Å²) in [5.41, 5.74) is 2.02. The normalized spacial score (nSPS) is 10.2. The van der Waals surface area contributed by atoms with Crippen molar-refractivity contribution in [2.45, 2.75) is 19.8 Å². The molecule has 0 saturated heterocycles. The average molecular weight is 424 g/mol. The van der Waals surface area contributed by atoms with E-state index in [0.29, 0.717) is 40.4 Å². The van der Waals surface area contributed by atoms with Gasteiger partial charge in [-0.3, -0.25) is 9.59 Å². The number of carbonyl (C=O) groups excluding carboxylic acids is 2. The molecular weight excluding hydrogens is 396 g/mol. The molecule has 0 aliphatic heterocycles. The van der Waals surface area contributed by atoms with Crippen molar-refractivity contribution in [3.63, 3.8) is 0 Å². The van der Waals surface area contributed by atoms with Crippen LogP contribution in [0.4, 0.5) is 0 Å². The summed E-state index contributed by atoms with van der Waals surface area (Å²) in [5, 5.41) is 0. The van der Waals surface area contributed by atoms with E-state index < -0.39 is 5.97 Å². The summed E-state index contributed by atoms with van der Waals surface area (Å²) in [4.78, 5) is 25.8. The predicted molar refractivity (Wildman–Crippen MR) is 119 cm³/mol. The Bertz CT molecular complexity index is 943. The zero-order valence-corrected chi connectivity index (χ0v) is 18.2. The molecule has 0 saturated carbocycles. The van der Waals surface area contributed by atoms with Crippen molar-refractivity contribution in [3.05, 3.63) is 77.9 Å². The summed E-state index contributed by atoms with van der Waals surface area (Å²) in [6.45, 7) is 9.75. The van der Waals surface area contributed by atoms with E-state index >= 15 is 0 Å². The molecule has 31 heavy (non-hydrogen) atoms. The van der Waals surface area contributed by atoms with Gasteiger partial charge in [0.2, 0.25) is 0 Å². The SMILES string of the molecule is C=CCOc1cc(OCC=C)c(C(=O)c2ccc(OC)cc2)c(CC(=O)OC)c1CC. The second kappa shape index (κ2) is 11.6. The predicted octanol–water partition coefficient (Wildman–Crippen LogP) is 4.33. The van der Waals surface area contributed by atoms with Crippen LogP contribution in [0.25, 0.3) is 0 Å². The molecule has 0 spiro atoms. The van der Waals surface area contributed by atoms with E-state index in [9.17, 15) is 9.59 Å². The van der Waals surface area contributed by atoms with E-state index in [-0.39, 0.29) is 25.4 Å². The van der Waals surface area contributed by atoms with Gasteiger partial charge in [-0.25, -0.2) is 0 Å². The molecule has 0 atom stereocenters. The number of benzene rings is 2. The van der Waals surface area contributed by atoms with Gasteiger partial charge in [0.15, 0.2) is 5.78 Å². The van der Waals surface area contributed by atoms with Gasteiger partial charge >= 0.3 is 5.97 Å². The van der Waals surface area contributed by atoms with Gasteiger partial charge in [0.05, 0.1) is 26.2 Å². The van der Waals surface area contributed by atoms with E-state index in [1.54, 1.807) is 49.6 Å². The number of carbonyl (C=O) groups is 2. The molecule has 0 radical (unpaired) electrons. The maximum Gasteiger partial charge on any atom is 0.310 e. The fourth-order valence-electron chi connectivity index (χ4n) is 3.20. The highest BCUT2D eigenvalue weighted by molar-refractivity contribution is 6.12. The van der Waals surface area contributed by atoms with Crippen LogP contribution in [-0.2, 0) is 22.4 Å². The van der Waals surface area contributed by atoms with Gasteiger partial charge in [0.1, 0.15) is 30.5 Å². The van der Waals surface area contributed by atoms with Crippen molar-refractivity contribution in [3.8, 4) is 17.2 Å². The lowest BCUT2D eigenvalue weighted by Gasteiger charge is -2.21. The molecule has 0 unspecified atom stereocenters. The Labute approximate surface area is 183 Å². The molecule has 0 aliphatic rings. The minimum atomic E-state index is -0.464. The fraction of sp³-hybridized carbons (Fsp3) is 0.280. The van der Waals surface area contributed by atoms with Crippen LogP contribution in [0.3, 0.4) is 0 Å². The average Bonchev–Trinajstić information content (AvgIpc) is 2.80. The highest BCUT2D eigenvalue weighted by Gasteiger charge is 2.26. The Morgan fingerprint density at radius 1 is 0.935 bits per heavy atom. The van der Waals surface area contributed by atoms with Crippen molar-refractivity contribution in [1.29, 1.82) is 0 Å². The fourth-order valence-corrected chi connectivity index (χ4v) is 3.20. The molecule has 2 aromatic rings. The van der Waals surface area contributed by atoms with Crippen molar-refractivity contribution in [1.82, 2.24) is 0 Å². The van der Waals surface area contributed by atoms with Gasteiger partial charge in [-0.15, -0.1) is 0 Å². The van der Waals surface area contributed by atoms with Crippen LogP contribution in [0.5, 0.6) is 17.2 Å². The summed E-state index contributed by atoms with van der Waals surface area (Å²) >= 11 is 0. The highest BCUT2D eigenvalue weighted by Crippen LogP contribution is 2.37. The van der Waals surface area contributed by atoms with Gasteiger partial charge < -0.3 is 18.9 Å². The third-order valence-electron chi connectivity index (χ3n) is 4.67. The van der Waals surface area contributed by atoms with Crippen LogP contribution in [-0.4, -0.2) is 39.2 Å². The molecule has 0 N–H and O–H groups in total. The summed E-state index contributed by atoms with van der Waals surface area (Å²) in [6, 6.07) is 8.45. The zero-order chi connectivity index (χ0) is 22.8. The van der Waals surface area contributed by atoms with Crippen LogP contribution in [0.2, 0.25) is 0 Å².